The number of amides is 6. The zero-order valence-corrected chi connectivity index (χ0v) is 25.3. The van der Waals surface area contributed by atoms with E-state index in [1.165, 1.54) is 49.0 Å². The zero-order valence-electron chi connectivity index (χ0n) is 23.7. The van der Waals surface area contributed by atoms with Crippen molar-refractivity contribution in [2.45, 2.75) is 29.7 Å². The van der Waals surface area contributed by atoms with Crippen molar-refractivity contribution >= 4 is 63.3 Å². The number of ether oxygens (including phenoxy) is 1. The standard InChI is InChI=1S/C28H27N5O10S2/c1-16(34)43-14-18-15-44-25-22(24(36)33(25)23(18)26(37)38)30-21(35)13-17-7-5-6-10-20(17)29-27(39)31-11-12-32(28(31)40)45(41,42)19-8-3-2-4-9-19/h2-10,22,25H,11-15H2,1H3,(H,29,39)(H,30,35)(H,37,38)/t22?,25-/m1/s1. The molecule has 1 unspecified atom stereocenters. The maximum absolute atomic E-state index is 13.0. The number of β-lactam (4-membered cyclic amide) rings is 1. The van der Waals surface area contributed by atoms with Crippen LogP contribution in [0.1, 0.15) is 12.5 Å². The molecule has 45 heavy (non-hydrogen) atoms. The first-order valence-corrected chi connectivity index (χ1v) is 16.0. The van der Waals surface area contributed by atoms with Crippen LogP contribution in [-0.2, 0) is 40.4 Å². The lowest BCUT2D eigenvalue weighted by Crippen LogP contribution is -2.70. The molecule has 2 aromatic rings. The van der Waals surface area contributed by atoms with E-state index in [-0.39, 0.29) is 53.7 Å². The molecule has 5 rings (SSSR count). The summed E-state index contributed by atoms with van der Waals surface area (Å²) in [5, 5.41) is 14.2. The van der Waals surface area contributed by atoms with Crippen LogP contribution in [0.15, 0.2) is 70.8 Å². The summed E-state index contributed by atoms with van der Waals surface area (Å²) < 4.78 is 31.4. The molecule has 0 bridgehead atoms. The monoisotopic (exact) mass is 657 g/mol. The van der Waals surface area contributed by atoms with Crippen molar-refractivity contribution in [2.24, 2.45) is 0 Å². The topological polar surface area (TPSA) is 200 Å². The number of nitrogens with one attached hydrogen (secondary N) is 2. The molecule has 2 atom stereocenters. The van der Waals surface area contributed by atoms with E-state index in [1.807, 2.05) is 0 Å². The summed E-state index contributed by atoms with van der Waals surface area (Å²) in [7, 11) is -4.17. The van der Waals surface area contributed by atoms with E-state index in [0.29, 0.717) is 9.87 Å². The van der Waals surface area contributed by atoms with Crippen molar-refractivity contribution in [3.8, 4) is 0 Å². The average molecular weight is 658 g/mol. The van der Waals surface area contributed by atoms with Crippen LogP contribution in [0.2, 0.25) is 0 Å². The maximum atomic E-state index is 13.0. The number of esters is 1. The highest BCUT2D eigenvalue weighted by Gasteiger charge is 2.54. The summed E-state index contributed by atoms with van der Waals surface area (Å²) in [4.78, 5) is 76.7. The fraction of sp³-hybridized carbons (Fsp3) is 0.286. The quantitative estimate of drug-likeness (QED) is 0.258. The van der Waals surface area contributed by atoms with Gasteiger partial charge >= 0.3 is 24.0 Å². The van der Waals surface area contributed by atoms with Crippen molar-refractivity contribution in [3.63, 3.8) is 0 Å². The molecule has 2 aromatic carbocycles. The molecule has 0 saturated carbocycles. The summed E-state index contributed by atoms with van der Waals surface area (Å²) in [5.74, 6) is -3.01. The molecule has 3 heterocycles. The Labute approximate surface area is 261 Å². The summed E-state index contributed by atoms with van der Waals surface area (Å²) in [5.41, 5.74) is 0.516. The minimum absolute atomic E-state index is 0.0886. The number of carboxylic acid groups (broad SMARTS) is 1. The van der Waals surface area contributed by atoms with Crippen LogP contribution in [0.5, 0.6) is 0 Å². The highest BCUT2D eigenvalue weighted by molar-refractivity contribution is 8.00. The Balaban J connectivity index is 1.22. The van der Waals surface area contributed by atoms with E-state index < -0.39 is 57.3 Å². The van der Waals surface area contributed by atoms with E-state index in [1.54, 1.807) is 24.3 Å². The Hall–Kier alpha value is -4.90. The number of carbonyl (C=O) groups excluding carboxylic acids is 5. The van der Waals surface area contributed by atoms with Gasteiger partial charge in [0.05, 0.1) is 24.4 Å². The largest absolute Gasteiger partial charge is 0.477 e. The normalized spacial score (nSPS) is 19.5. The number of hydrogen-bond donors (Lipinski definition) is 3. The molecule has 236 valence electrons. The predicted molar refractivity (Wildman–Crippen MR) is 158 cm³/mol. The molecule has 2 fully saturated rings. The summed E-state index contributed by atoms with van der Waals surface area (Å²) in [6.07, 6.45) is -0.278. The molecule has 0 radical (unpaired) electrons. The number of anilines is 1. The van der Waals surface area contributed by atoms with Gasteiger partial charge in [0.25, 0.3) is 15.9 Å². The summed E-state index contributed by atoms with van der Waals surface area (Å²) in [6, 6.07) is 10.7. The van der Waals surface area contributed by atoms with E-state index in [9.17, 15) is 42.3 Å². The van der Waals surface area contributed by atoms with E-state index in [2.05, 4.69) is 10.6 Å². The average Bonchev–Trinajstić information content (AvgIpc) is 3.41. The van der Waals surface area contributed by atoms with Gasteiger partial charge < -0.3 is 20.5 Å². The number of carbonyl (C=O) groups is 6. The van der Waals surface area contributed by atoms with Crippen LogP contribution in [0, 0.1) is 0 Å². The molecular weight excluding hydrogens is 630 g/mol. The van der Waals surface area contributed by atoms with Gasteiger partial charge in [0.15, 0.2) is 0 Å². The highest BCUT2D eigenvalue weighted by atomic mass is 32.2. The van der Waals surface area contributed by atoms with Crippen LogP contribution in [0.25, 0.3) is 0 Å². The highest BCUT2D eigenvalue weighted by Crippen LogP contribution is 2.40. The number of hydrogen-bond acceptors (Lipinski definition) is 10. The summed E-state index contributed by atoms with van der Waals surface area (Å²) in [6.45, 7) is 0.490. The molecule has 2 saturated heterocycles. The Morgan fingerprint density at radius 2 is 1.71 bits per heavy atom. The molecule has 3 aliphatic rings. The molecule has 15 nitrogen and oxygen atoms in total. The van der Waals surface area contributed by atoms with Crippen LogP contribution in [0.4, 0.5) is 15.3 Å². The second-order valence-corrected chi connectivity index (χ2v) is 13.0. The third-order valence-corrected chi connectivity index (χ3v) is 10.3. The number of fused-ring (bicyclic) bond motifs is 1. The number of rotatable bonds is 9. The summed E-state index contributed by atoms with van der Waals surface area (Å²) >= 11 is 1.22. The van der Waals surface area contributed by atoms with Gasteiger partial charge in [0, 0.05) is 23.9 Å². The van der Waals surface area contributed by atoms with Gasteiger partial charge in [-0.25, -0.2) is 32.0 Å². The van der Waals surface area contributed by atoms with Crippen LogP contribution < -0.4 is 10.6 Å². The number of para-hydroxylation sites is 1. The number of carboxylic acids is 1. The Kier molecular flexibility index (Phi) is 8.83. The molecule has 0 aliphatic carbocycles. The molecule has 6 amide bonds. The number of urea groups is 2. The van der Waals surface area contributed by atoms with Gasteiger partial charge in [-0.05, 0) is 23.8 Å². The lowest BCUT2D eigenvalue weighted by atomic mass is 10.0. The van der Waals surface area contributed by atoms with E-state index in [0.717, 1.165) is 9.80 Å². The molecular formula is C28H27N5O10S2. The second-order valence-electron chi connectivity index (χ2n) is 10.1. The second kappa shape index (κ2) is 12.6. The number of benzene rings is 2. The molecule has 3 aliphatic heterocycles. The Bertz CT molecular complexity index is 1730. The minimum Gasteiger partial charge on any atom is -0.477 e. The van der Waals surface area contributed by atoms with Crippen LogP contribution >= 0.6 is 11.8 Å². The molecule has 0 aromatic heterocycles. The van der Waals surface area contributed by atoms with Gasteiger partial charge in [-0.2, -0.15) is 0 Å². The number of aliphatic carboxylic acids is 1. The Morgan fingerprint density at radius 3 is 2.40 bits per heavy atom. The fourth-order valence-electron chi connectivity index (χ4n) is 5.01. The number of nitrogens with zero attached hydrogens (tertiary/aromatic N) is 3. The van der Waals surface area contributed by atoms with Crippen molar-refractivity contribution in [1.29, 1.82) is 0 Å². The van der Waals surface area contributed by atoms with Gasteiger partial charge in [-0.1, -0.05) is 36.4 Å². The predicted octanol–water partition coefficient (Wildman–Crippen LogP) is 1.19. The lowest BCUT2D eigenvalue weighted by Gasteiger charge is -2.49. The third kappa shape index (κ3) is 6.21. The van der Waals surface area contributed by atoms with Gasteiger partial charge in [-0.3, -0.25) is 19.3 Å². The van der Waals surface area contributed by atoms with Crippen molar-refractivity contribution in [2.75, 3.05) is 30.8 Å². The van der Waals surface area contributed by atoms with Gasteiger partial charge in [-0.15, -0.1) is 11.8 Å². The number of imide groups is 1. The van der Waals surface area contributed by atoms with Crippen LogP contribution in [-0.4, -0.2) is 100 Å². The van der Waals surface area contributed by atoms with Gasteiger partial charge in [0.1, 0.15) is 23.7 Å². The molecule has 3 N–H and O–H groups in total. The van der Waals surface area contributed by atoms with Crippen LogP contribution in [0.3, 0.4) is 0 Å². The first-order chi connectivity index (χ1) is 21.4. The Morgan fingerprint density at radius 1 is 1.02 bits per heavy atom. The van der Waals surface area contributed by atoms with Crippen molar-refractivity contribution in [1.82, 2.24) is 19.4 Å². The van der Waals surface area contributed by atoms with E-state index >= 15 is 0 Å². The third-order valence-electron chi connectivity index (χ3n) is 7.17. The smallest absolute Gasteiger partial charge is 0.352 e. The minimum atomic E-state index is -4.17. The van der Waals surface area contributed by atoms with Crippen molar-refractivity contribution < 1.29 is 47.0 Å². The molecule has 0 spiro atoms. The van der Waals surface area contributed by atoms with Gasteiger partial charge in [0.2, 0.25) is 5.91 Å². The first-order valence-electron chi connectivity index (χ1n) is 13.5. The van der Waals surface area contributed by atoms with E-state index in [4.69, 9.17) is 4.74 Å². The lowest BCUT2D eigenvalue weighted by molar-refractivity contribution is -0.151. The molecule has 17 heteroatoms. The number of sulfonamides is 1. The fourth-order valence-corrected chi connectivity index (χ4v) is 7.72. The SMILES string of the molecule is CC(=O)OCC1=C(C(=O)O)N2C(=O)C(NC(=O)Cc3ccccc3NC(=O)N3CCN(S(=O)(=O)c4ccccc4)C3=O)[C@H]2SC1. The number of thioether (sulfide) groups is 1. The first kappa shape index (κ1) is 31.5. The maximum Gasteiger partial charge on any atom is 0.352 e. The zero-order chi connectivity index (χ0) is 32.5. The van der Waals surface area contributed by atoms with Crippen molar-refractivity contribution in [3.05, 3.63) is 71.4 Å².